The third kappa shape index (κ3) is 1.80. The summed E-state index contributed by atoms with van der Waals surface area (Å²) < 4.78 is 0. The molecule has 0 aromatic heterocycles. The Balaban J connectivity index is 0.000000360. The largest absolute Gasteiger partial charge is 0.313 e. The Labute approximate surface area is 98.4 Å². The van der Waals surface area contributed by atoms with Crippen LogP contribution in [0, 0.1) is 23.7 Å². The molecule has 4 rings (SSSR count). The molecule has 0 N–H and O–H groups in total. The van der Waals surface area contributed by atoms with Crippen LogP contribution in [0.3, 0.4) is 0 Å². The van der Waals surface area contributed by atoms with E-state index in [-0.39, 0.29) is 36.5 Å². The minimum atomic E-state index is 0. The van der Waals surface area contributed by atoms with Gasteiger partial charge >= 0.3 is 0 Å². The van der Waals surface area contributed by atoms with Crippen LogP contribution in [0.15, 0.2) is 0 Å². The van der Waals surface area contributed by atoms with E-state index in [1.54, 1.807) is 19.3 Å². The van der Waals surface area contributed by atoms with Crippen LogP contribution in [0.25, 0.3) is 0 Å². The van der Waals surface area contributed by atoms with Gasteiger partial charge in [0.2, 0.25) is 0 Å². The molecule has 4 saturated carbocycles. The summed E-state index contributed by atoms with van der Waals surface area (Å²) in [6.45, 7) is 0. The zero-order valence-electron chi connectivity index (χ0n) is 7.59. The second-order valence-corrected chi connectivity index (χ2v) is 4.67. The molecule has 4 aliphatic carbocycles. The van der Waals surface area contributed by atoms with Crippen molar-refractivity contribution in [2.45, 2.75) is 38.5 Å². The molecule has 0 spiro atoms. The average Bonchev–Trinajstić information content (AvgIpc) is 1.82. The van der Waals surface area contributed by atoms with Gasteiger partial charge in [-0.15, -0.1) is 17.0 Å². The van der Waals surface area contributed by atoms with Gasteiger partial charge in [-0.2, -0.15) is 19.3 Å². The van der Waals surface area contributed by atoms with Crippen molar-refractivity contribution in [3.63, 3.8) is 0 Å². The predicted molar refractivity (Wildman–Crippen MR) is 51.7 cm³/mol. The first-order chi connectivity index (χ1) is 4.90. The summed E-state index contributed by atoms with van der Waals surface area (Å²) in [7, 11) is 0. The van der Waals surface area contributed by atoms with E-state index in [2.05, 4.69) is 0 Å². The summed E-state index contributed by atoms with van der Waals surface area (Å²) in [4.78, 5) is 0. The summed E-state index contributed by atoms with van der Waals surface area (Å²) in [5.41, 5.74) is 0. The van der Waals surface area contributed by atoms with Crippen molar-refractivity contribution >= 4 is 17.0 Å². The van der Waals surface area contributed by atoms with Crippen molar-refractivity contribution in [3.8, 4) is 0 Å². The molecule has 12 heavy (non-hydrogen) atoms. The fourth-order valence-corrected chi connectivity index (χ4v) is 3.68. The van der Waals surface area contributed by atoms with Crippen LogP contribution in [0.4, 0.5) is 0 Å². The molecule has 0 unspecified atom stereocenters. The monoisotopic (exact) mass is 279 g/mol. The van der Waals surface area contributed by atoms with E-state index < -0.39 is 0 Å². The van der Waals surface area contributed by atoms with Gasteiger partial charge in [0, 0.05) is 19.5 Å². The molecule has 0 amide bonds. The minimum absolute atomic E-state index is 0. The Morgan fingerprint density at radius 2 is 1.08 bits per heavy atom. The molecule has 66 valence electrons. The van der Waals surface area contributed by atoms with Gasteiger partial charge in [-0.05, 0) is 0 Å². The predicted octanol–water partition coefficient (Wildman–Crippen LogP) is 3.37. The van der Waals surface area contributed by atoms with Crippen molar-refractivity contribution in [1.29, 1.82) is 0 Å². The van der Waals surface area contributed by atoms with Crippen LogP contribution in [-0.4, -0.2) is 0 Å². The molecule has 4 fully saturated rings. The third-order valence-electron chi connectivity index (χ3n) is 3.73. The van der Waals surface area contributed by atoms with Crippen LogP contribution in [0.5, 0.6) is 0 Å². The van der Waals surface area contributed by atoms with E-state index in [4.69, 9.17) is 0 Å². The summed E-state index contributed by atoms with van der Waals surface area (Å²) in [5, 5.41) is 0. The SMILES string of the molecule is Br.C1[C-]2CC3CC1CC(C2)C3.[Zn]. The second-order valence-electron chi connectivity index (χ2n) is 4.67. The average molecular weight is 282 g/mol. The fourth-order valence-electron chi connectivity index (χ4n) is 3.68. The summed E-state index contributed by atoms with van der Waals surface area (Å²) in [5.74, 6) is 5.35. The molecule has 0 nitrogen and oxygen atoms in total. The molecule has 4 bridgehead atoms. The first-order valence-electron chi connectivity index (χ1n) is 4.73. The molecule has 0 radical (unpaired) electrons. The molecule has 2 heteroatoms. The number of hydrogen-bond donors (Lipinski definition) is 0. The molecule has 4 aliphatic rings. The molecular weight excluding hydrogens is 265 g/mol. The first-order valence-corrected chi connectivity index (χ1v) is 4.73. The maximum Gasteiger partial charge on any atom is 0 e. The van der Waals surface area contributed by atoms with Gasteiger partial charge in [0.05, 0.1) is 0 Å². The second kappa shape index (κ2) is 4.09. The van der Waals surface area contributed by atoms with Crippen molar-refractivity contribution in [2.75, 3.05) is 0 Å². The Bertz CT molecular complexity index is 101. The summed E-state index contributed by atoms with van der Waals surface area (Å²) in [6.07, 6.45) is 9.31. The van der Waals surface area contributed by atoms with E-state index in [0.29, 0.717) is 0 Å². The van der Waals surface area contributed by atoms with Gasteiger partial charge in [-0.3, -0.25) is 0 Å². The maximum absolute atomic E-state index is 1.93. The molecular formula is C10H16BrZn-. The molecule has 0 heterocycles. The number of halogens is 1. The van der Waals surface area contributed by atoms with E-state index in [9.17, 15) is 0 Å². The fraction of sp³-hybridized carbons (Fsp3) is 0.900. The molecule has 0 atom stereocenters. The van der Waals surface area contributed by atoms with E-state index in [1.807, 2.05) is 5.92 Å². The van der Waals surface area contributed by atoms with Gasteiger partial charge in [-0.25, -0.2) is 0 Å². The number of rotatable bonds is 0. The van der Waals surface area contributed by atoms with Gasteiger partial charge in [0.15, 0.2) is 0 Å². The zero-order valence-corrected chi connectivity index (χ0v) is 12.3. The van der Waals surface area contributed by atoms with Gasteiger partial charge in [0.1, 0.15) is 0 Å². The Morgan fingerprint density at radius 3 is 1.33 bits per heavy atom. The smallest absolute Gasteiger partial charge is 0 e. The summed E-state index contributed by atoms with van der Waals surface area (Å²) >= 11 is 0. The van der Waals surface area contributed by atoms with Crippen LogP contribution >= 0.6 is 17.0 Å². The van der Waals surface area contributed by atoms with Crippen molar-refractivity contribution in [1.82, 2.24) is 0 Å². The van der Waals surface area contributed by atoms with Crippen molar-refractivity contribution in [3.05, 3.63) is 5.92 Å². The Morgan fingerprint density at radius 1 is 0.750 bits per heavy atom. The maximum atomic E-state index is 1.93. The van der Waals surface area contributed by atoms with Gasteiger partial charge in [-0.1, -0.05) is 37.0 Å². The van der Waals surface area contributed by atoms with Crippen molar-refractivity contribution in [2.24, 2.45) is 17.8 Å². The van der Waals surface area contributed by atoms with Crippen LogP contribution in [-0.2, 0) is 19.5 Å². The van der Waals surface area contributed by atoms with Crippen molar-refractivity contribution < 1.29 is 19.5 Å². The van der Waals surface area contributed by atoms with E-state index >= 15 is 0 Å². The third-order valence-corrected chi connectivity index (χ3v) is 3.73. The Hall–Kier alpha value is 1.10. The summed E-state index contributed by atoms with van der Waals surface area (Å²) in [6, 6.07) is 0. The molecule has 0 aromatic carbocycles. The van der Waals surface area contributed by atoms with Gasteiger partial charge in [0.25, 0.3) is 0 Å². The minimum Gasteiger partial charge on any atom is -0.313 e. The van der Waals surface area contributed by atoms with Crippen LogP contribution in [0.2, 0.25) is 0 Å². The molecule has 0 aromatic rings. The normalized spacial score (nSPS) is 43.5. The quantitative estimate of drug-likeness (QED) is 0.472. The van der Waals surface area contributed by atoms with E-state index in [0.717, 1.165) is 17.8 Å². The number of hydrogen-bond acceptors (Lipinski definition) is 0. The molecule has 0 aliphatic heterocycles. The topological polar surface area (TPSA) is 0 Å². The Kier molecular flexibility index (Phi) is 3.81. The first kappa shape index (κ1) is 11.2. The van der Waals surface area contributed by atoms with Crippen LogP contribution in [0.1, 0.15) is 38.5 Å². The standard InChI is InChI=1S/C10H15.BrH.Zn/c1-7-2-9-4-8(1)5-10(3-7)6-9;;/h7-9H,1-6H2;1H;/q-1;;. The molecule has 0 saturated heterocycles. The van der Waals surface area contributed by atoms with E-state index in [1.165, 1.54) is 19.3 Å². The van der Waals surface area contributed by atoms with Crippen LogP contribution < -0.4 is 0 Å². The van der Waals surface area contributed by atoms with Gasteiger partial charge < -0.3 is 5.92 Å². The zero-order chi connectivity index (χ0) is 6.55.